The van der Waals surface area contributed by atoms with Crippen molar-refractivity contribution in [1.82, 2.24) is 0 Å². The second kappa shape index (κ2) is 3.15. The summed E-state index contributed by atoms with van der Waals surface area (Å²) in [6, 6.07) is 4.46. The lowest BCUT2D eigenvalue weighted by Crippen LogP contribution is -2.22. The average Bonchev–Trinajstić information content (AvgIpc) is 2.03. The van der Waals surface area contributed by atoms with Crippen LogP contribution in [0.15, 0.2) is 29.2 Å². The number of primary sulfonamides is 1. The molecule has 0 spiro atoms. The molecule has 2 N–H and O–H groups in total. The molecule has 0 heterocycles. The number of benzene rings is 1. The third-order valence-corrected chi connectivity index (χ3v) is 2.35. The summed E-state index contributed by atoms with van der Waals surface area (Å²) in [6.07, 6.45) is 0. The van der Waals surface area contributed by atoms with Gasteiger partial charge in [-0.3, -0.25) is 0 Å². The minimum absolute atomic E-state index is 0.0904. The van der Waals surface area contributed by atoms with Gasteiger partial charge in [0.25, 0.3) is 0 Å². The average molecular weight is 200 g/mol. The monoisotopic (exact) mass is 200 g/mol. The van der Waals surface area contributed by atoms with E-state index < -0.39 is 16.0 Å². The molecule has 13 heavy (non-hydrogen) atoms. The Labute approximate surface area is 74.9 Å². The molecule has 70 valence electrons. The number of carbonyl (C=O) groups excluding carboxylic acids is 1. The summed E-state index contributed by atoms with van der Waals surface area (Å²) < 4.78 is 21.5. The topological polar surface area (TPSA) is 100 Å². The van der Waals surface area contributed by atoms with E-state index in [0.717, 1.165) is 24.3 Å². The Morgan fingerprint density at radius 1 is 1.23 bits per heavy atom. The van der Waals surface area contributed by atoms with Crippen LogP contribution in [0, 0.1) is 0 Å². The van der Waals surface area contributed by atoms with Crippen LogP contribution in [0.25, 0.3) is 0 Å². The Bertz CT molecular complexity index is 420. The van der Waals surface area contributed by atoms with E-state index in [0.29, 0.717) is 0 Å². The minimum Gasteiger partial charge on any atom is -0.545 e. The molecule has 1 rings (SSSR count). The standard InChI is InChI=1S/C7H7NO4S/c8-13(11,12)6-3-1-5(2-4-6)7(9)10/h1-4H,(H,9,10)(H2,8,11,12)/p-1. The lowest BCUT2D eigenvalue weighted by Gasteiger charge is -2.02. The number of carboxylic acid groups (broad SMARTS) is 1. The minimum atomic E-state index is -3.76. The summed E-state index contributed by atoms with van der Waals surface area (Å²) >= 11 is 0. The number of carbonyl (C=O) groups is 1. The van der Waals surface area contributed by atoms with Crippen LogP contribution in [0.1, 0.15) is 10.4 Å². The molecule has 0 unspecified atom stereocenters. The molecule has 6 heteroatoms. The molecule has 0 aliphatic rings. The zero-order valence-corrected chi connectivity index (χ0v) is 7.24. The van der Waals surface area contributed by atoms with Crippen LogP contribution in [0.4, 0.5) is 0 Å². The van der Waals surface area contributed by atoms with Gasteiger partial charge in [0.1, 0.15) is 0 Å². The Morgan fingerprint density at radius 3 is 2.00 bits per heavy atom. The second-order valence-electron chi connectivity index (χ2n) is 2.36. The largest absolute Gasteiger partial charge is 0.545 e. The van der Waals surface area contributed by atoms with Crippen molar-refractivity contribution in [3.8, 4) is 0 Å². The molecule has 0 bridgehead atoms. The van der Waals surface area contributed by atoms with Crippen LogP contribution in [-0.2, 0) is 10.0 Å². The van der Waals surface area contributed by atoms with Crippen LogP contribution in [0.5, 0.6) is 0 Å². The van der Waals surface area contributed by atoms with Gasteiger partial charge in [-0.1, -0.05) is 12.1 Å². The molecular formula is C7H6NO4S-. The number of nitrogens with two attached hydrogens (primary N) is 1. The quantitative estimate of drug-likeness (QED) is 0.641. The van der Waals surface area contributed by atoms with E-state index in [1.165, 1.54) is 0 Å². The molecule has 0 aromatic heterocycles. The van der Waals surface area contributed by atoms with E-state index in [-0.39, 0.29) is 10.5 Å². The predicted octanol–water partition coefficient (Wildman–Crippen LogP) is -1.30. The van der Waals surface area contributed by atoms with Crippen molar-refractivity contribution in [2.45, 2.75) is 4.90 Å². The summed E-state index contributed by atoms with van der Waals surface area (Å²) in [5.74, 6) is -1.36. The van der Waals surface area contributed by atoms with Gasteiger partial charge in [-0.25, -0.2) is 13.6 Å². The van der Waals surface area contributed by atoms with Crippen molar-refractivity contribution < 1.29 is 18.3 Å². The normalized spacial score (nSPS) is 11.2. The Kier molecular flexibility index (Phi) is 2.35. The van der Waals surface area contributed by atoms with E-state index in [2.05, 4.69) is 0 Å². The highest BCUT2D eigenvalue weighted by Gasteiger charge is 2.06. The Hall–Kier alpha value is -1.40. The molecule has 0 radical (unpaired) electrons. The van der Waals surface area contributed by atoms with Gasteiger partial charge in [-0.15, -0.1) is 0 Å². The highest BCUT2D eigenvalue weighted by Crippen LogP contribution is 2.07. The molecule has 0 aliphatic carbocycles. The van der Waals surface area contributed by atoms with Gasteiger partial charge in [0.05, 0.1) is 10.9 Å². The first-order chi connectivity index (χ1) is 5.91. The van der Waals surface area contributed by atoms with E-state index in [1.807, 2.05) is 0 Å². The SMILES string of the molecule is NS(=O)(=O)c1ccc(C(=O)[O-])cc1. The predicted molar refractivity (Wildman–Crippen MR) is 42.1 cm³/mol. The molecular weight excluding hydrogens is 194 g/mol. The molecule has 0 saturated heterocycles. The van der Waals surface area contributed by atoms with Crippen molar-refractivity contribution in [3.05, 3.63) is 29.8 Å². The first kappa shape index (κ1) is 9.69. The number of rotatable bonds is 2. The van der Waals surface area contributed by atoms with Gasteiger partial charge in [0.2, 0.25) is 10.0 Å². The maximum Gasteiger partial charge on any atom is 0.238 e. The van der Waals surface area contributed by atoms with E-state index in [4.69, 9.17) is 5.14 Å². The summed E-state index contributed by atoms with van der Waals surface area (Å²) in [6.45, 7) is 0. The summed E-state index contributed by atoms with van der Waals surface area (Å²) in [7, 11) is -3.76. The third kappa shape index (κ3) is 2.27. The molecule has 0 aliphatic heterocycles. The number of aromatic carboxylic acids is 1. The lowest BCUT2D eigenvalue weighted by molar-refractivity contribution is -0.255. The number of hydrogen-bond donors (Lipinski definition) is 1. The molecule has 1 aromatic carbocycles. The van der Waals surface area contributed by atoms with E-state index in [9.17, 15) is 18.3 Å². The van der Waals surface area contributed by atoms with Crippen LogP contribution < -0.4 is 10.2 Å². The van der Waals surface area contributed by atoms with Gasteiger partial charge in [0.15, 0.2) is 0 Å². The molecule has 1 aromatic rings. The molecule has 0 fully saturated rings. The third-order valence-electron chi connectivity index (χ3n) is 1.42. The second-order valence-corrected chi connectivity index (χ2v) is 3.92. The van der Waals surface area contributed by atoms with Crippen molar-refractivity contribution >= 4 is 16.0 Å². The van der Waals surface area contributed by atoms with Gasteiger partial charge < -0.3 is 9.90 Å². The van der Waals surface area contributed by atoms with E-state index in [1.54, 1.807) is 0 Å². The lowest BCUT2D eigenvalue weighted by atomic mass is 10.2. The van der Waals surface area contributed by atoms with Crippen LogP contribution in [-0.4, -0.2) is 14.4 Å². The fraction of sp³-hybridized carbons (Fsp3) is 0. The van der Waals surface area contributed by atoms with Crippen LogP contribution >= 0.6 is 0 Å². The van der Waals surface area contributed by atoms with Crippen molar-refractivity contribution in [2.75, 3.05) is 0 Å². The Balaban J connectivity index is 3.16. The van der Waals surface area contributed by atoms with Crippen LogP contribution in [0.3, 0.4) is 0 Å². The smallest absolute Gasteiger partial charge is 0.238 e. The molecule has 0 amide bonds. The fourth-order valence-electron chi connectivity index (χ4n) is 0.781. The van der Waals surface area contributed by atoms with E-state index >= 15 is 0 Å². The number of hydrogen-bond acceptors (Lipinski definition) is 4. The Morgan fingerprint density at radius 2 is 1.69 bits per heavy atom. The van der Waals surface area contributed by atoms with Crippen molar-refractivity contribution in [1.29, 1.82) is 0 Å². The van der Waals surface area contributed by atoms with Crippen molar-refractivity contribution in [2.24, 2.45) is 5.14 Å². The van der Waals surface area contributed by atoms with Gasteiger partial charge in [-0.05, 0) is 17.7 Å². The van der Waals surface area contributed by atoms with Crippen molar-refractivity contribution in [3.63, 3.8) is 0 Å². The first-order valence-corrected chi connectivity index (χ1v) is 4.80. The molecule has 0 atom stereocenters. The summed E-state index contributed by atoms with van der Waals surface area (Å²) in [5.41, 5.74) is -0.0904. The number of carboxylic acids is 1. The van der Waals surface area contributed by atoms with Gasteiger partial charge in [-0.2, -0.15) is 0 Å². The summed E-state index contributed by atoms with van der Waals surface area (Å²) in [4.78, 5) is 10.1. The maximum atomic E-state index is 10.7. The summed E-state index contributed by atoms with van der Waals surface area (Å²) in [5, 5.41) is 15.1. The van der Waals surface area contributed by atoms with Gasteiger partial charge >= 0.3 is 0 Å². The van der Waals surface area contributed by atoms with Gasteiger partial charge in [0, 0.05) is 0 Å². The molecule has 0 saturated carbocycles. The zero-order chi connectivity index (χ0) is 10.1. The fourth-order valence-corrected chi connectivity index (χ4v) is 1.30. The maximum absolute atomic E-state index is 10.7. The number of sulfonamides is 1. The molecule has 5 nitrogen and oxygen atoms in total. The van der Waals surface area contributed by atoms with Crippen LogP contribution in [0.2, 0.25) is 0 Å². The highest BCUT2D eigenvalue weighted by molar-refractivity contribution is 7.89. The zero-order valence-electron chi connectivity index (χ0n) is 6.43. The highest BCUT2D eigenvalue weighted by atomic mass is 32.2. The first-order valence-electron chi connectivity index (χ1n) is 3.25.